The van der Waals surface area contributed by atoms with Gasteiger partial charge in [-0.2, -0.15) is 0 Å². The Labute approximate surface area is 230 Å². The van der Waals surface area contributed by atoms with Crippen molar-refractivity contribution < 1.29 is 0 Å². The quantitative estimate of drug-likeness (QED) is 0.240. The summed E-state index contributed by atoms with van der Waals surface area (Å²) in [5.74, 6) is 2.54. The van der Waals surface area contributed by atoms with Crippen molar-refractivity contribution in [1.82, 2.24) is 0 Å². The van der Waals surface area contributed by atoms with E-state index in [1.54, 1.807) is 11.1 Å². The molecule has 2 fully saturated rings. The molecule has 0 heterocycles. The Bertz CT molecular complexity index is 873. The average Bonchev–Trinajstić information content (AvgIpc) is 2.94. The lowest BCUT2D eigenvalue weighted by atomic mass is 9.68. The molecule has 2 saturated carbocycles. The summed E-state index contributed by atoms with van der Waals surface area (Å²) in [5, 5.41) is 0. The monoisotopic (exact) mass is 500 g/mol. The van der Waals surface area contributed by atoms with Gasteiger partial charge >= 0.3 is 0 Å². The molecule has 0 N–H and O–H groups in total. The number of unbranched alkanes of at least 4 members (excludes halogenated alkanes) is 6. The summed E-state index contributed by atoms with van der Waals surface area (Å²) in [4.78, 5) is 0. The SMILES string of the molecule is CCCCCCCC1(C)CCC(c2ccc(-c3ccc(C4CCC(CCCCC)CC4)cc3)cc2)CC1. The summed E-state index contributed by atoms with van der Waals surface area (Å²) in [7, 11) is 0. The molecule has 2 aromatic rings. The third-order valence-corrected chi connectivity index (χ3v) is 10.2. The molecular weight excluding hydrogens is 444 g/mol. The molecule has 2 aliphatic carbocycles. The highest BCUT2D eigenvalue weighted by Crippen LogP contribution is 2.46. The highest BCUT2D eigenvalue weighted by atomic mass is 14.4. The Balaban J connectivity index is 1.23. The van der Waals surface area contributed by atoms with Crippen molar-refractivity contribution in [3.8, 4) is 11.1 Å². The molecule has 0 atom stereocenters. The first-order chi connectivity index (χ1) is 18.1. The fourth-order valence-electron chi connectivity index (χ4n) is 7.42. The Kier molecular flexibility index (Phi) is 11.2. The van der Waals surface area contributed by atoms with Crippen LogP contribution in [0.25, 0.3) is 11.1 Å². The zero-order chi connectivity index (χ0) is 25.9. The van der Waals surface area contributed by atoms with Gasteiger partial charge in [0.05, 0.1) is 0 Å². The van der Waals surface area contributed by atoms with E-state index in [1.165, 1.54) is 127 Å². The van der Waals surface area contributed by atoms with Gasteiger partial charge in [0.1, 0.15) is 0 Å². The molecule has 204 valence electrons. The summed E-state index contributed by atoms with van der Waals surface area (Å²) in [6.45, 7) is 7.19. The van der Waals surface area contributed by atoms with Crippen LogP contribution in [0.15, 0.2) is 48.5 Å². The summed E-state index contributed by atoms with van der Waals surface area (Å²) < 4.78 is 0. The lowest BCUT2D eigenvalue weighted by Crippen LogP contribution is -2.23. The van der Waals surface area contributed by atoms with Gasteiger partial charge in [-0.25, -0.2) is 0 Å². The Morgan fingerprint density at radius 2 is 1.05 bits per heavy atom. The van der Waals surface area contributed by atoms with Crippen LogP contribution in [0.4, 0.5) is 0 Å². The third kappa shape index (κ3) is 8.46. The highest BCUT2D eigenvalue weighted by Gasteiger charge is 2.31. The molecular formula is C37H56. The van der Waals surface area contributed by atoms with E-state index in [0.29, 0.717) is 5.41 Å². The second-order valence-corrected chi connectivity index (χ2v) is 13.2. The molecule has 0 saturated heterocycles. The maximum atomic E-state index is 2.56. The maximum Gasteiger partial charge on any atom is -0.0162 e. The molecule has 2 aliphatic rings. The van der Waals surface area contributed by atoms with E-state index < -0.39 is 0 Å². The molecule has 0 amide bonds. The molecule has 0 spiro atoms. The predicted octanol–water partition coefficient (Wildman–Crippen LogP) is 12.2. The van der Waals surface area contributed by atoms with E-state index in [-0.39, 0.29) is 0 Å². The van der Waals surface area contributed by atoms with Gasteiger partial charge < -0.3 is 0 Å². The van der Waals surface area contributed by atoms with Gasteiger partial charge in [0, 0.05) is 0 Å². The van der Waals surface area contributed by atoms with Gasteiger partial charge in [-0.1, -0.05) is 127 Å². The van der Waals surface area contributed by atoms with Crippen LogP contribution >= 0.6 is 0 Å². The van der Waals surface area contributed by atoms with Crippen LogP contribution in [0.5, 0.6) is 0 Å². The maximum absolute atomic E-state index is 2.56. The van der Waals surface area contributed by atoms with E-state index in [2.05, 4.69) is 69.3 Å². The van der Waals surface area contributed by atoms with E-state index in [0.717, 1.165) is 17.8 Å². The fraction of sp³-hybridized carbons (Fsp3) is 0.676. The Morgan fingerprint density at radius 1 is 0.568 bits per heavy atom. The summed E-state index contributed by atoms with van der Waals surface area (Å²) in [6, 6.07) is 19.2. The van der Waals surface area contributed by atoms with E-state index in [1.807, 2.05) is 0 Å². The van der Waals surface area contributed by atoms with Crippen LogP contribution in [-0.4, -0.2) is 0 Å². The second-order valence-electron chi connectivity index (χ2n) is 13.2. The zero-order valence-corrected chi connectivity index (χ0v) is 24.6. The second kappa shape index (κ2) is 14.6. The summed E-state index contributed by atoms with van der Waals surface area (Å²) in [6.07, 6.45) is 25.4. The first kappa shape index (κ1) is 28.4. The largest absolute Gasteiger partial charge is 0.0654 e. The number of rotatable bonds is 13. The topological polar surface area (TPSA) is 0 Å². The molecule has 0 nitrogen and oxygen atoms in total. The fourth-order valence-corrected chi connectivity index (χ4v) is 7.42. The normalized spacial score (nSPS) is 26.3. The van der Waals surface area contributed by atoms with Crippen LogP contribution in [0.3, 0.4) is 0 Å². The van der Waals surface area contributed by atoms with Crippen molar-refractivity contribution in [2.24, 2.45) is 11.3 Å². The van der Waals surface area contributed by atoms with Crippen LogP contribution in [-0.2, 0) is 0 Å². The molecule has 4 rings (SSSR count). The molecule has 37 heavy (non-hydrogen) atoms. The molecule has 2 aromatic carbocycles. The smallest absolute Gasteiger partial charge is 0.0162 e. The average molecular weight is 501 g/mol. The minimum absolute atomic E-state index is 0.596. The molecule has 0 aliphatic heterocycles. The molecule has 0 bridgehead atoms. The predicted molar refractivity (Wildman–Crippen MR) is 163 cm³/mol. The molecule has 0 unspecified atom stereocenters. The molecule has 0 radical (unpaired) electrons. The van der Waals surface area contributed by atoms with Crippen molar-refractivity contribution in [3.05, 3.63) is 59.7 Å². The van der Waals surface area contributed by atoms with Gasteiger partial charge in [-0.05, 0) is 103 Å². The van der Waals surface area contributed by atoms with Crippen molar-refractivity contribution in [2.75, 3.05) is 0 Å². The number of benzene rings is 2. The zero-order valence-electron chi connectivity index (χ0n) is 24.6. The minimum Gasteiger partial charge on any atom is -0.0654 e. The molecule has 0 heteroatoms. The number of hydrogen-bond donors (Lipinski definition) is 0. The third-order valence-electron chi connectivity index (χ3n) is 10.2. The van der Waals surface area contributed by atoms with E-state index in [9.17, 15) is 0 Å². The summed E-state index contributed by atoms with van der Waals surface area (Å²) >= 11 is 0. The van der Waals surface area contributed by atoms with Crippen molar-refractivity contribution in [2.45, 2.75) is 148 Å². The van der Waals surface area contributed by atoms with Gasteiger partial charge in [-0.3, -0.25) is 0 Å². The lowest BCUT2D eigenvalue weighted by molar-refractivity contribution is 0.177. The van der Waals surface area contributed by atoms with Gasteiger partial charge in [0.2, 0.25) is 0 Å². The van der Waals surface area contributed by atoms with Gasteiger partial charge in [0.25, 0.3) is 0 Å². The van der Waals surface area contributed by atoms with E-state index >= 15 is 0 Å². The van der Waals surface area contributed by atoms with Crippen LogP contribution in [0, 0.1) is 11.3 Å². The van der Waals surface area contributed by atoms with Crippen LogP contribution in [0.2, 0.25) is 0 Å². The first-order valence-corrected chi connectivity index (χ1v) is 16.3. The lowest BCUT2D eigenvalue weighted by Gasteiger charge is -2.38. The van der Waals surface area contributed by atoms with Crippen molar-refractivity contribution in [3.63, 3.8) is 0 Å². The van der Waals surface area contributed by atoms with Crippen molar-refractivity contribution >= 4 is 0 Å². The standard InChI is InChI=1S/C37H56/c1-4-6-8-9-11-27-37(3)28-25-36(26-29-37)35-23-21-34(22-24-35)33-19-17-32(18-20-33)31-15-13-30(14-16-31)12-10-7-5-2/h17-24,30-31,36H,4-16,25-29H2,1-3H3. The molecule has 0 aromatic heterocycles. The number of hydrogen-bond acceptors (Lipinski definition) is 0. The summed E-state index contributed by atoms with van der Waals surface area (Å²) in [5.41, 5.74) is 6.49. The van der Waals surface area contributed by atoms with Crippen LogP contribution < -0.4 is 0 Å². The van der Waals surface area contributed by atoms with Gasteiger partial charge in [-0.15, -0.1) is 0 Å². The van der Waals surface area contributed by atoms with Crippen molar-refractivity contribution in [1.29, 1.82) is 0 Å². The Morgan fingerprint density at radius 3 is 1.59 bits per heavy atom. The minimum atomic E-state index is 0.596. The van der Waals surface area contributed by atoms with Crippen LogP contribution in [0.1, 0.15) is 159 Å². The highest BCUT2D eigenvalue weighted by molar-refractivity contribution is 5.64. The Hall–Kier alpha value is -1.56. The first-order valence-electron chi connectivity index (χ1n) is 16.3. The van der Waals surface area contributed by atoms with E-state index in [4.69, 9.17) is 0 Å². The van der Waals surface area contributed by atoms with Gasteiger partial charge in [0.15, 0.2) is 0 Å².